The lowest BCUT2D eigenvalue weighted by molar-refractivity contribution is 0.591. The first-order valence-corrected chi connectivity index (χ1v) is 9.84. The number of fused-ring (bicyclic) bond motifs is 1. The van der Waals surface area contributed by atoms with Crippen LogP contribution in [0.5, 0.6) is 0 Å². The van der Waals surface area contributed by atoms with Gasteiger partial charge in [-0.15, -0.1) is 0 Å². The molecule has 0 aliphatic rings. The summed E-state index contributed by atoms with van der Waals surface area (Å²) < 4.78 is 1.57. The van der Waals surface area contributed by atoms with Gasteiger partial charge in [0.1, 0.15) is 11.9 Å². The summed E-state index contributed by atoms with van der Waals surface area (Å²) in [5.74, 6) is 0.559. The maximum atomic E-state index is 9.04. The van der Waals surface area contributed by atoms with Gasteiger partial charge in [-0.25, -0.2) is 4.98 Å². The fourth-order valence-electron chi connectivity index (χ4n) is 3.19. The van der Waals surface area contributed by atoms with Crippen LogP contribution in [0.25, 0.3) is 21.9 Å². The Morgan fingerprint density at radius 1 is 1.20 bits per heavy atom. The predicted octanol–water partition coefficient (Wildman–Crippen LogP) is 5.52. The maximum absolute atomic E-state index is 9.04. The van der Waals surface area contributed by atoms with Gasteiger partial charge in [-0.2, -0.15) is 10.4 Å². The van der Waals surface area contributed by atoms with Crippen molar-refractivity contribution in [1.82, 2.24) is 19.7 Å². The number of hydrogen-bond donors (Lipinski definition) is 2. The Kier molecular flexibility index (Phi) is 5.20. The van der Waals surface area contributed by atoms with Crippen LogP contribution < -0.4 is 11.1 Å². The average molecular weight is 438 g/mol. The Bertz CT molecular complexity index is 1310. The molecule has 9 heteroatoms. The van der Waals surface area contributed by atoms with Gasteiger partial charge in [0.15, 0.2) is 0 Å². The number of benzene rings is 1. The van der Waals surface area contributed by atoms with Crippen molar-refractivity contribution in [3.05, 3.63) is 58.7 Å². The molecule has 0 amide bonds. The third-order valence-corrected chi connectivity index (χ3v) is 5.66. The minimum absolute atomic E-state index is 0.369. The van der Waals surface area contributed by atoms with Crippen molar-refractivity contribution in [1.29, 1.82) is 5.26 Å². The first-order valence-electron chi connectivity index (χ1n) is 9.08. The van der Waals surface area contributed by atoms with Crippen LogP contribution in [0.3, 0.4) is 0 Å². The molecule has 3 N–H and O–H groups in total. The molecular weight excluding hydrogens is 421 g/mol. The summed E-state index contributed by atoms with van der Waals surface area (Å²) in [6.45, 7) is 3.72. The van der Waals surface area contributed by atoms with E-state index in [0.717, 1.165) is 11.1 Å². The highest BCUT2D eigenvalue weighted by atomic mass is 35.5. The van der Waals surface area contributed by atoms with E-state index in [-0.39, 0.29) is 6.04 Å². The number of aromatic nitrogens is 4. The van der Waals surface area contributed by atoms with E-state index in [1.807, 2.05) is 19.1 Å². The van der Waals surface area contributed by atoms with Crippen LogP contribution >= 0.6 is 23.2 Å². The minimum Gasteiger partial charge on any atom is -0.397 e. The quantitative estimate of drug-likeness (QED) is 0.407. The van der Waals surface area contributed by atoms with Gasteiger partial charge in [0, 0.05) is 46.7 Å². The number of nitrogen functional groups attached to an aromatic ring is 1. The number of nitrogens with two attached hydrogens (primary N) is 1. The zero-order chi connectivity index (χ0) is 21.4. The highest BCUT2D eigenvalue weighted by Gasteiger charge is 2.19. The van der Waals surface area contributed by atoms with Crippen LogP contribution in [-0.2, 0) is 0 Å². The molecule has 0 saturated heterocycles. The number of nitrogens with one attached hydrogen (secondary N) is 1. The summed E-state index contributed by atoms with van der Waals surface area (Å²) in [6, 6.07) is 5.47. The maximum Gasteiger partial charge on any atom is 0.135 e. The molecule has 0 fully saturated rings. The SMILES string of the molecule is Cc1ccncc1-c1c(Cl)c(N)c2cnc(Nc3cnn(C(C)C#N)c3)cc2c1Cl. The second-order valence-corrected chi connectivity index (χ2v) is 7.62. The number of nitriles is 1. The molecule has 0 radical (unpaired) electrons. The van der Waals surface area contributed by atoms with Gasteiger partial charge in [0.2, 0.25) is 0 Å². The number of hydrogen-bond acceptors (Lipinski definition) is 6. The van der Waals surface area contributed by atoms with Gasteiger partial charge >= 0.3 is 0 Å². The normalized spacial score (nSPS) is 12.0. The topological polar surface area (TPSA) is 105 Å². The molecule has 1 aromatic carbocycles. The second kappa shape index (κ2) is 7.82. The van der Waals surface area contributed by atoms with Gasteiger partial charge in [-0.1, -0.05) is 23.2 Å². The summed E-state index contributed by atoms with van der Waals surface area (Å²) in [4.78, 5) is 8.61. The molecule has 0 aliphatic heterocycles. The smallest absolute Gasteiger partial charge is 0.135 e. The lowest BCUT2D eigenvalue weighted by Gasteiger charge is -2.16. The summed E-state index contributed by atoms with van der Waals surface area (Å²) in [6.07, 6.45) is 8.43. The standard InChI is InChI=1S/C21H17Cl2N7/c1-11-3-4-26-8-15(11)18-19(22)14-5-17(27-9-16(14)21(25)20(18)23)29-13-7-28-30(10-13)12(2)6-24/h3-5,7-10,12H,25H2,1-2H3,(H,27,29). The van der Waals surface area contributed by atoms with Gasteiger partial charge in [0.25, 0.3) is 0 Å². The van der Waals surface area contributed by atoms with Crippen LogP contribution in [0.1, 0.15) is 18.5 Å². The molecule has 1 unspecified atom stereocenters. The first kappa shape index (κ1) is 20.0. The molecule has 3 aromatic heterocycles. The van der Waals surface area contributed by atoms with Crippen molar-refractivity contribution in [3.63, 3.8) is 0 Å². The van der Waals surface area contributed by atoms with Crippen LogP contribution in [0.2, 0.25) is 10.0 Å². The molecule has 4 rings (SSSR count). The van der Waals surface area contributed by atoms with Gasteiger partial charge < -0.3 is 11.1 Å². The lowest BCUT2D eigenvalue weighted by atomic mass is 9.98. The summed E-state index contributed by atoms with van der Waals surface area (Å²) >= 11 is 13.4. The van der Waals surface area contributed by atoms with Gasteiger partial charge in [-0.05, 0) is 31.5 Å². The van der Waals surface area contributed by atoms with E-state index >= 15 is 0 Å². The number of pyridine rings is 2. The molecule has 3 heterocycles. The molecule has 0 bridgehead atoms. The molecule has 0 saturated carbocycles. The van der Waals surface area contributed by atoms with Crippen molar-refractivity contribution in [2.24, 2.45) is 0 Å². The van der Waals surface area contributed by atoms with E-state index in [1.54, 1.807) is 42.6 Å². The van der Waals surface area contributed by atoms with Crippen molar-refractivity contribution in [2.75, 3.05) is 11.1 Å². The molecule has 150 valence electrons. The Morgan fingerprint density at radius 3 is 2.73 bits per heavy atom. The second-order valence-electron chi connectivity index (χ2n) is 6.86. The van der Waals surface area contributed by atoms with Crippen molar-refractivity contribution < 1.29 is 0 Å². The van der Waals surface area contributed by atoms with Crippen molar-refractivity contribution >= 4 is 51.2 Å². The highest BCUT2D eigenvalue weighted by molar-refractivity contribution is 6.45. The average Bonchev–Trinajstić information content (AvgIpc) is 3.21. The zero-order valence-electron chi connectivity index (χ0n) is 16.2. The molecule has 1 atom stereocenters. The molecular formula is C21H17Cl2N7. The first-order chi connectivity index (χ1) is 14.4. The number of nitrogens with zero attached hydrogens (tertiary/aromatic N) is 5. The van der Waals surface area contributed by atoms with E-state index < -0.39 is 0 Å². The number of rotatable bonds is 4. The van der Waals surface area contributed by atoms with Gasteiger partial charge in [-0.3, -0.25) is 9.67 Å². The third-order valence-electron chi connectivity index (χ3n) is 4.87. The third kappa shape index (κ3) is 3.41. The fraction of sp³-hybridized carbons (Fsp3) is 0.143. The summed E-state index contributed by atoms with van der Waals surface area (Å²) in [7, 11) is 0. The summed E-state index contributed by atoms with van der Waals surface area (Å²) in [5.41, 5.74) is 9.86. The van der Waals surface area contributed by atoms with Crippen LogP contribution in [0.15, 0.2) is 43.1 Å². The van der Waals surface area contributed by atoms with E-state index in [2.05, 4.69) is 26.5 Å². The Labute approximate surface area is 183 Å². The van der Waals surface area contributed by atoms with E-state index in [1.165, 1.54) is 0 Å². The lowest BCUT2D eigenvalue weighted by Crippen LogP contribution is -2.02. The molecule has 7 nitrogen and oxygen atoms in total. The van der Waals surface area contributed by atoms with Crippen molar-refractivity contribution in [2.45, 2.75) is 19.9 Å². The molecule has 30 heavy (non-hydrogen) atoms. The van der Waals surface area contributed by atoms with Crippen molar-refractivity contribution in [3.8, 4) is 17.2 Å². The Hall–Kier alpha value is -3.34. The summed E-state index contributed by atoms with van der Waals surface area (Å²) in [5, 5.41) is 18.6. The van der Waals surface area contributed by atoms with Crippen LogP contribution in [0, 0.1) is 18.3 Å². The number of anilines is 3. The molecule has 0 aliphatic carbocycles. The largest absolute Gasteiger partial charge is 0.397 e. The zero-order valence-corrected chi connectivity index (χ0v) is 17.7. The monoisotopic (exact) mass is 437 g/mol. The number of aryl methyl sites for hydroxylation is 1. The van der Waals surface area contributed by atoms with E-state index in [4.69, 9.17) is 34.2 Å². The minimum atomic E-state index is -0.369. The molecule has 0 spiro atoms. The van der Waals surface area contributed by atoms with E-state index in [9.17, 15) is 0 Å². The predicted molar refractivity (Wildman–Crippen MR) is 120 cm³/mol. The van der Waals surface area contributed by atoms with E-state index in [0.29, 0.717) is 43.6 Å². The number of halogens is 2. The highest BCUT2D eigenvalue weighted by Crippen LogP contribution is 2.45. The fourth-order valence-corrected chi connectivity index (χ4v) is 3.89. The Balaban J connectivity index is 1.82. The van der Waals surface area contributed by atoms with Crippen LogP contribution in [0.4, 0.5) is 17.2 Å². The molecule has 4 aromatic rings. The Morgan fingerprint density at radius 2 is 2.00 bits per heavy atom. The van der Waals surface area contributed by atoms with Gasteiger partial charge in [0.05, 0.1) is 33.7 Å². The van der Waals surface area contributed by atoms with Crippen LogP contribution in [-0.4, -0.2) is 19.7 Å².